The van der Waals surface area contributed by atoms with Crippen LogP contribution in [0.2, 0.25) is 0 Å². The van der Waals surface area contributed by atoms with Crippen molar-refractivity contribution >= 4 is 5.91 Å². The minimum absolute atomic E-state index is 0.00125. The zero-order valence-electron chi connectivity index (χ0n) is 9.56. The van der Waals surface area contributed by atoms with Crippen LogP contribution in [0.1, 0.15) is 12.1 Å². The summed E-state index contributed by atoms with van der Waals surface area (Å²) in [5, 5.41) is 13.7. The Labute approximate surface area is 99.8 Å². The van der Waals surface area contributed by atoms with E-state index in [9.17, 15) is 4.79 Å². The van der Waals surface area contributed by atoms with E-state index in [0.717, 1.165) is 18.8 Å². The van der Waals surface area contributed by atoms with Gasteiger partial charge >= 0.3 is 0 Å². The number of rotatable bonds is 4. The molecular formula is C11H16N4O2. The minimum atomic E-state index is -0.00125. The van der Waals surface area contributed by atoms with Gasteiger partial charge in [0.15, 0.2) is 0 Å². The fourth-order valence-corrected chi connectivity index (χ4v) is 1.66. The van der Waals surface area contributed by atoms with E-state index in [0.29, 0.717) is 19.6 Å². The van der Waals surface area contributed by atoms with Crippen molar-refractivity contribution in [3.05, 3.63) is 24.0 Å². The monoisotopic (exact) mass is 236 g/mol. The first-order valence-corrected chi connectivity index (χ1v) is 5.69. The number of carbonyl (C=O) groups excluding carboxylic acids is 1. The van der Waals surface area contributed by atoms with E-state index >= 15 is 0 Å². The molecule has 0 saturated carbocycles. The summed E-state index contributed by atoms with van der Waals surface area (Å²) in [6.07, 6.45) is 2.04. The van der Waals surface area contributed by atoms with Gasteiger partial charge < -0.3 is 15.4 Å². The van der Waals surface area contributed by atoms with E-state index in [1.807, 2.05) is 6.07 Å². The van der Waals surface area contributed by atoms with Gasteiger partial charge in [-0.15, -0.1) is 0 Å². The third-order valence-electron chi connectivity index (χ3n) is 2.52. The van der Waals surface area contributed by atoms with E-state index in [1.54, 1.807) is 12.3 Å². The molecule has 0 spiro atoms. The molecular weight excluding hydrogens is 220 g/mol. The Morgan fingerprint density at radius 3 is 3.29 bits per heavy atom. The number of hydrogen-bond donors (Lipinski definition) is 2. The highest BCUT2D eigenvalue weighted by Gasteiger charge is 2.16. The predicted octanol–water partition coefficient (Wildman–Crippen LogP) is -0.529. The van der Waals surface area contributed by atoms with Gasteiger partial charge in [0, 0.05) is 25.2 Å². The third-order valence-corrected chi connectivity index (χ3v) is 2.52. The number of aromatic nitrogens is 2. The number of carbonyl (C=O) groups is 1. The second-order valence-corrected chi connectivity index (χ2v) is 3.92. The van der Waals surface area contributed by atoms with Gasteiger partial charge in [0.05, 0.1) is 25.5 Å². The van der Waals surface area contributed by atoms with E-state index in [-0.39, 0.29) is 11.9 Å². The Kier molecular flexibility index (Phi) is 4.40. The molecule has 1 aromatic heterocycles. The molecule has 2 N–H and O–H groups in total. The van der Waals surface area contributed by atoms with Crippen LogP contribution in [0.4, 0.5) is 0 Å². The Morgan fingerprint density at radius 2 is 2.59 bits per heavy atom. The summed E-state index contributed by atoms with van der Waals surface area (Å²) in [5.41, 5.74) is 0.758. The van der Waals surface area contributed by atoms with E-state index < -0.39 is 0 Å². The second-order valence-electron chi connectivity index (χ2n) is 3.92. The maximum atomic E-state index is 11.6. The Morgan fingerprint density at radius 1 is 1.65 bits per heavy atom. The van der Waals surface area contributed by atoms with E-state index in [2.05, 4.69) is 20.8 Å². The molecule has 1 aromatic rings. The molecule has 1 aliphatic rings. The van der Waals surface area contributed by atoms with Gasteiger partial charge in [-0.2, -0.15) is 10.2 Å². The largest absolute Gasteiger partial charge is 0.378 e. The Bertz CT molecular complexity index is 352. The van der Waals surface area contributed by atoms with Crippen LogP contribution in [0.25, 0.3) is 0 Å². The van der Waals surface area contributed by atoms with Crippen LogP contribution in [0.3, 0.4) is 0 Å². The van der Waals surface area contributed by atoms with Gasteiger partial charge in [0.2, 0.25) is 5.91 Å². The summed E-state index contributed by atoms with van der Waals surface area (Å²) in [6.45, 7) is 2.54. The van der Waals surface area contributed by atoms with Crippen LogP contribution < -0.4 is 10.6 Å². The topological polar surface area (TPSA) is 76.1 Å². The van der Waals surface area contributed by atoms with Crippen LogP contribution in [0.5, 0.6) is 0 Å². The fraction of sp³-hybridized carbons (Fsp3) is 0.545. The summed E-state index contributed by atoms with van der Waals surface area (Å²) < 4.78 is 5.28. The molecule has 17 heavy (non-hydrogen) atoms. The molecule has 0 aromatic carbocycles. The van der Waals surface area contributed by atoms with Crippen molar-refractivity contribution in [1.82, 2.24) is 20.8 Å². The van der Waals surface area contributed by atoms with E-state index in [1.165, 1.54) is 0 Å². The molecule has 0 aliphatic carbocycles. The first-order chi connectivity index (χ1) is 8.34. The Balaban J connectivity index is 1.70. The van der Waals surface area contributed by atoms with Crippen molar-refractivity contribution in [2.24, 2.45) is 0 Å². The van der Waals surface area contributed by atoms with Crippen molar-refractivity contribution in [1.29, 1.82) is 0 Å². The summed E-state index contributed by atoms with van der Waals surface area (Å²) >= 11 is 0. The molecule has 1 saturated heterocycles. The normalized spacial score (nSPS) is 19.9. The number of hydrogen-bond acceptors (Lipinski definition) is 5. The van der Waals surface area contributed by atoms with Crippen molar-refractivity contribution in [2.75, 3.05) is 19.8 Å². The molecule has 92 valence electrons. The number of ether oxygens (including phenoxy) is 1. The van der Waals surface area contributed by atoms with Crippen LogP contribution in [-0.4, -0.2) is 41.9 Å². The van der Waals surface area contributed by atoms with Gasteiger partial charge in [-0.05, 0) is 12.1 Å². The SMILES string of the molecule is O=C(CC1COCCN1)NCc1cccnn1. The first-order valence-electron chi connectivity index (χ1n) is 5.69. The molecule has 1 atom stereocenters. The van der Waals surface area contributed by atoms with Gasteiger partial charge in [-0.25, -0.2) is 0 Å². The molecule has 1 aliphatic heterocycles. The molecule has 0 bridgehead atoms. The van der Waals surface area contributed by atoms with Crippen molar-refractivity contribution in [3.63, 3.8) is 0 Å². The van der Waals surface area contributed by atoms with Crippen molar-refractivity contribution in [2.45, 2.75) is 19.0 Å². The summed E-state index contributed by atoms with van der Waals surface area (Å²) in [4.78, 5) is 11.6. The van der Waals surface area contributed by atoms with Crippen LogP contribution >= 0.6 is 0 Å². The van der Waals surface area contributed by atoms with Gasteiger partial charge in [-0.1, -0.05) is 0 Å². The molecule has 0 radical (unpaired) electrons. The molecule has 6 heteroatoms. The zero-order valence-corrected chi connectivity index (χ0v) is 9.56. The average Bonchev–Trinajstić information content (AvgIpc) is 2.39. The Hall–Kier alpha value is -1.53. The molecule has 1 amide bonds. The van der Waals surface area contributed by atoms with E-state index in [4.69, 9.17) is 4.74 Å². The van der Waals surface area contributed by atoms with Crippen molar-refractivity contribution in [3.8, 4) is 0 Å². The highest BCUT2D eigenvalue weighted by atomic mass is 16.5. The quantitative estimate of drug-likeness (QED) is 0.735. The number of morpholine rings is 1. The maximum Gasteiger partial charge on any atom is 0.221 e. The summed E-state index contributed by atoms with van der Waals surface area (Å²) in [6, 6.07) is 3.74. The molecule has 1 unspecified atom stereocenters. The third kappa shape index (κ3) is 4.08. The zero-order chi connectivity index (χ0) is 11.9. The average molecular weight is 236 g/mol. The number of nitrogens with one attached hydrogen (secondary N) is 2. The van der Waals surface area contributed by atoms with Crippen LogP contribution in [-0.2, 0) is 16.1 Å². The summed E-state index contributed by atoms with van der Waals surface area (Å²) in [7, 11) is 0. The van der Waals surface area contributed by atoms with Gasteiger partial charge in [-0.3, -0.25) is 4.79 Å². The highest BCUT2D eigenvalue weighted by Crippen LogP contribution is 1.98. The highest BCUT2D eigenvalue weighted by molar-refractivity contribution is 5.76. The maximum absolute atomic E-state index is 11.6. The van der Waals surface area contributed by atoms with Crippen molar-refractivity contribution < 1.29 is 9.53 Å². The molecule has 6 nitrogen and oxygen atoms in total. The predicted molar refractivity (Wildman–Crippen MR) is 61.1 cm³/mol. The van der Waals surface area contributed by atoms with Crippen LogP contribution in [0.15, 0.2) is 18.3 Å². The van der Waals surface area contributed by atoms with Gasteiger partial charge in [0.1, 0.15) is 0 Å². The lowest BCUT2D eigenvalue weighted by atomic mass is 10.2. The minimum Gasteiger partial charge on any atom is -0.378 e. The molecule has 1 fully saturated rings. The lowest BCUT2D eigenvalue weighted by Gasteiger charge is -2.23. The van der Waals surface area contributed by atoms with Gasteiger partial charge in [0.25, 0.3) is 0 Å². The second kappa shape index (κ2) is 6.27. The first kappa shape index (κ1) is 11.9. The standard InChI is InChI=1S/C11H16N4O2/c16-11(6-10-8-17-5-4-12-10)13-7-9-2-1-3-14-15-9/h1-3,10,12H,4-8H2,(H,13,16). The summed E-state index contributed by atoms with van der Waals surface area (Å²) in [5.74, 6) is -0.00125. The smallest absolute Gasteiger partial charge is 0.221 e. The fourth-order valence-electron chi connectivity index (χ4n) is 1.66. The molecule has 2 heterocycles. The number of amides is 1. The van der Waals surface area contributed by atoms with Crippen LogP contribution in [0, 0.1) is 0 Å². The lowest BCUT2D eigenvalue weighted by Crippen LogP contribution is -2.44. The lowest BCUT2D eigenvalue weighted by molar-refractivity contribution is -0.122. The molecule has 2 rings (SSSR count). The number of nitrogens with zero attached hydrogens (tertiary/aromatic N) is 2.